The van der Waals surface area contributed by atoms with Crippen LogP contribution in [0.2, 0.25) is 0 Å². The number of carboxylic acids is 1. The molecule has 1 atom stereocenters. The summed E-state index contributed by atoms with van der Waals surface area (Å²) in [7, 11) is -3.80. The van der Waals surface area contributed by atoms with E-state index in [0.29, 0.717) is 5.75 Å². The molecule has 2 N–H and O–H groups in total. The molecule has 0 spiro atoms. The van der Waals surface area contributed by atoms with Gasteiger partial charge in [0, 0.05) is 3.57 Å². The molecule has 8 heteroatoms. The average molecular weight is 415 g/mol. The van der Waals surface area contributed by atoms with Crippen molar-refractivity contribution in [2.45, 2.75) is 17.4 Å². The van der Waals surface area contributed by atoms with E-state index in [2.05, 4.69) is 27.3 Å². The zero-order valence-electron chi connectivity index (χ0n) is 10.2. The van der Waals surface area contributed by atoms with Crippen LogP contribution in [0.5, 0.6) is 0 Å². The normalized spacial score (nSPS) is 13.2. The first-order chi connectivity index (χ1) is 8.86. The van der Waals surface area contributed by atoms with E-state index in [1.807, 2.05) is 6.26 Å². The van der Waals surface area contributed by atoms with E-state index >= 15 is 0 Å². The molecule has 0 saturated heterocycles. The molecule has 0 fully saturated rings. The molecule has 0 amide bonds. The fourth-order valence-electron chi connectivity index (χ4n) is 1.34. The first-order valence-electron chi connectivity index (χ1n) is 5.36. The van der Waals surface area contributed by atoms with E-state index in [1.165, 1.54) is 23.9 Å². The lowest BCUT2D eigenvalue weighted by Gasteiger charge is -2.14. The third kappa shape index (κ3) is 5.28. The van der Waals surface area contributed by atoms with Gasteiger partial charge in [0.2, 0.25) is 10.0 Å². The number of hydrogen-bond acceptors (Lipinski definition) is 4. The molecule has 1 rings (SSSR count). The third-order valence-electron chi connectivity index (χ3n) is 2.33. The van der Waals surface area contributed by atoms with Crippen LogP contribution in [0.1, 0.15) is 6.42 Å². The van der Waals surface area contributed by atoms with Crippen LogP contribution < -0.4 is 4.72 Å². The highest BCUT2D eigenvalue weighted by molar-refractivity contribution is 14.1. The standard InChI is InChI=1S/C11H14INO4S2/c1-18-7-6-10(11(14)15)13-19(16,17)9-4-2-8(12)3-5-9/h2-5,10,13H,6-7H2,1H3,(H,14,15). The van der Waals surface area contributed by atoms with E-state index in [4.69, 9.17) is 5.11 Å². The Kier molecular flexibility index (Phi) is 6.57. The van der Waals surface area contributed by atoms with E-state index in [-0.39, 0.29) is 11.3 Å². The number of nitrogens with one attached hydrogen (secondary N) is 1. The Morgan fingerprint density at radius 1 is 1.42 bits per heavy atom. The molecule has 106 valence electrons. The lowest BCUT2D eigenvalue weighted by atomic mass is 10.2. The van der Waals surface area contributed by atoms with Crippen molar-refractivity contribution in [1.82, 2.24) is 4.72 Å². The molecular weight excluding hydrogens is 401 g/mol. The van der Waals surface area contributed by atoms with Crippen LogP contribution in [0.3, 0.4) is 0 Å². The van der Waals surface area contributed by atoms with Crippen molar-refractivity contribution in [2.24, 2.45) is 0 Å². The second-order valence-corrected chi connectivity index (χ2v) is 7.69. The summed E-state index contributed by atoms with van der Waals surface area (Å²) in [4.78, 5) is 11.1. The van der Waals surface area contributed by atoms with Gasteiger partial charge in [0.1, 0.15) is 6.04 Å². The Hall–Kier alpha value is -0.320. The molecule has 1 aromatic carbocycles. The molecule has 1 aromatic rings. The first kappa shape index (κ1) is 16.7. The van der Waals surface area contributed by atoms with Crippen LogP contribution in [0, 0.1) is 3.57 Å². The number of sulfonamides is 1. The minimum Gasteiger partial charge on any atom is -0.480 e. The molecule has 0 aliphatic heterocycles. The monoisotopic (exact) mass is 415 g/mol. The largest absolute Gasteiger partial charge is 0.480 e. The summed E-state index contributed by atoms with van der Waals surface area (Å²) in [6.07, 6.45) is 2.09. The summed E-state index contributed by atoms with van der Waals surface area (Å²) >= 11 is 3.54. The van der Waals surface area contributed by atoms with Gasteiger partial charge in [-0.05, 0) is 65.3 Å². The second kappa shape index (κ2) is 7.46. The van der Waals surface area contributed by atoms with E-state index < -0.39 is 22.0 Å². The highest BCUT2D eigenvalue weighted by atomic mass is 127. The van der Waals surface area contributed by atoms with Gasteiger partial charge >= 0.3 is 5.97 Å². The molecule has 5 nitrogen and oxygen atoms in total. The van der Waals surface area contributed by atoms with Crippen molar-refractivity contribution in [1.29, 1.82) is 0 Å². The zero-order valence-corrected chi connectivity index (χ0v) is 14.0. The van der Waals surface area contributed by atoms with Gasteiger partial charge in [-0.1, -0.05) is 0 Å². The van der Waals surface area contributed by atoms with Gasteiger partial charge in [-0.3, -0.25) is 4.79 Å². The van der Waals surface area contributed by atoms with Gasteiger partial charge < -0.3 is 5.11 Å². The maximum Gasteiger partial charge on any atom is 0.321 e. The smallest absolute Gasteiger partial charge is 0.321 e. The van der Waals surface area contributed by atoms with Gasteiger partial charge in [-0.25, -0.2) is 8.42 Å². The van der Waals surface area contributed by atoms with Crippen molar-refractivity contribution in [3.63, 3.8) is 0 Å². The summed E-state index contributed by atoms with van der Waals surface area (Å²) in [6.45, 7) is 0. The van der Waals surface area contributed by atoms with Gasteiger partial charge in [0.05, 0.1) is 4.90 Å². The highest BCUT2D eigenvalue weighted by Crippen LogP contribution is 2.13. The van der Waals surface area contributed by atoms with Crippen LogP contribution in [-0.4, -0.2) is 37.5 Å². The summed E-state index contributed by atoms with van der Waals surface area (Å²) in [5, 5.41) is 9.02. The van der Waals surface area contributed by atoms with E-state index in [1.54, 1.807) is 12.1 Å². The molecule has 0 aliphatic carbocycles. The van der Waals surface area contributed by atoms with Gasteiger partial charge in [0.25, 0.3) is 0 Å². The number of thioether (sulfide) groups is 1. The van der Waals surface area contributed by atoms with Crippen LogP contribution in [0.15, 0.2) is 29.2 Å². The predicted octanol–water partition coefficient (Wildman–Crippen LogP) is 1.78. The lowest BCUT2D eigenvalue weighted by molar-refractivity contribution is -0.139. The van der Waals surface area contributed by atoms with Gasteiger partial charge in [-0.2, -0.15) is 16.5 Å². The van der Waals surface area contributed by atoms with Gasteiger partial charge in [-0.15, -0.1) is 0 Å². The number of aliphatic carboxylic acids is 1. The minimum absolute atomic E-state index is 0.0725. The van der Waals surface area contributed by atoms with Crippen molar-refractivity contribution < 1.29 is 18.3 Å². The summed E-state index contributed by atoms with van der Waals surface area (Å²) in [6, 6.07) is 5.13. The first-order valence-corrected chi connectivity index (χ1v) is 9.32. The van der Waals surface area contributed by atoms with Crippen molar-refractivity contribution in [2.75, 3.05) is 12.0 Å². The maximum atomic E-state index is 12.0. The van der Waals surface area contributed by atoms with Crippen LogP contribution >= 0.6 is 34.4 Å². The van der Waals surface area contributed by atoms with Crippen LogP contribution in [0.25, 0.3) is 0 Å². The fraction of sp³-hybridized carbons (Fsp3) is 0.364. The van der Waals surface area contributed by atoms with Crippen LogP contribution in [0.4, 0.5) is 0 Å². The van der Waals surface area contributed by atoms with Crippen molar-refractivity contribution >= 4 is 50.3 Å². The topological polar surface area (TPSA) is 83.5 Å². The minimum atomic E-state index is -3.80. The van der Waals surface area contributed by atoms with Crippen molar-refractivity contribution in [3.8, 4) is 0 Å². The second-order valence-electron chi connectivity index (χ2n) is 3.75. The fourth-order valence-corrected chi connectivity index (χ4v) is 3.39. The Labute approximate surface area is 130 Å². The molecule has 0 aliphatic rings. The maximum absolute atomic E-state index is 12.0. The molecule has 0 bridgehead atoms. The Morgan fingerprint density at radius 2 is 2.00 bits per heavy atom. The number of hydrogen-bond donors (Lipinski definition) is 2. The number of halogens is 1. The van der Waals surface area contributed by atoms with E-state index in [9.17, 15) is 13.2 Å². The molecule has 0 saturated carbocycles. The Bertz CT molecular complexity index is 530. The molecule has 1 unspecified atom stereocenters. The zero-order chi connectivity index (χ0) is 14.5. The Morgan fingerprint density at radius 3 is 2.47 bits per heavy atom. The van der Waals surface area contributed by atoms with Gasteiger partial charge in [0.15, 0.2) is 0 Å². The third-order valence-corrected chi connectivity index (χ3v) is 5.18. The van der Waals surface area contributed by atoms with E-state index in [0.717, 1.165) is 3.57 Å². The average Bonchev–Trinajstić information content (AvgIpc) is 2.34. The number of rotatable bonds is 7. The quantitative estimate of drug-likeness (QED) is 0.664. The van der Waals surface area contributed by atoms with Crippen molar-refractivity contribution in [3.05, 3.63) is 27.8 Å². The SMILES string of the molecule is CSCCC(NS(=O)(=O)c1ccc(I)cc1)C(=O)O. The molecule has 19 heavy (non-hydrogen) atoms. The highest BCUT2D eigenvalue weighted by Gasteiger charge is 2.24. The number of benzene rings is 1. The molecule has 0 radical (unpaired) electrons. The number of carboxylic acid groups (broad SMARTS) is 1. The predicted molar refractivity (Wildman–Crippen MR) is 83.9 cm³/mol. The molecule has 0 aromatic heterocycles. The lowest BCUT2D eigenvalue weighted by Crippen LogP contribution is -2.41. The number of carbonyl (C=O) groups is 1. The van der Waals surface area contributed by atoms with Crippen LogP contribution in [-0.2, 0) is 14.8 Å². The molecule has 0 heterocycles. The summed E-state index contributed by atoms with van der Waals surface area (Å²) in [5.41, 5.74) is 0. The summed E-state index contributed by atoms with van der Waals surface area (Å²) in [5.74, 6) is -0.588. The molecular formula is C11H14INO4S2. The Balaban J connectivity index is 2.87. The summed E-state index contributed by atoms with van der Waals surface area (Å²) < 4.78 is 27.2.